The molecule has 1 aliphatic heterocycles. The molecule has 3 N–H and O–H groups in total. The second-order valence-electron chi connectivity index (χ2n) is 5.91. The van der Waals surface area contributed by atoms with Gasteiger partial charge in [-0.1, -0.05) is 0 Å². The van der Waals surface area contributed by atoms with Crippen molar-refractivity contribution in [2.24, 2.45) is 5.92 Å². The molecule has 2 heterocycles. The maximum Gasteiger partial charge on any atom is 0.311 e. The van der Waals surface area contributed by atoms with Crippen LogP contribution in [0.2, 0.25) is 0 Å². The summed E-state index contributed by atoms with van der Waals surface area (Å²) < 4.78 is 0. The number of nitrogen functional groups attached to an aromatic ring is 1. The molecule has 0 bridgehead atoms. The Kier molecular flexibility index (Phi) is 3.92. The normalized spacial score (nSPS) is 19.4. The maximum atomic E-state index is 10.8. The molecule has 0 amide bonds. The van der Waals surface area contributed by atoms with Gasteiger partial charge in [0.15, 0.2) is 0 Å². The van der Waals surface area contributed by atoms with Gasteiger partial charge in [-0.3, -0.25) is 10.1 Å². The Balaban J connectivity index is 1.77. The minimum Gasteiger partial charge on any atom is -0.378 e. The summed E-state index contributed by atoms with van der Waals surface area (Å²) in [7, 11) is 0. The average Bonchev–Trinajstić information content (AvgIpc) is 3.30. The minimum absolute atomic E-state index is 0.00783. The van der Waals surface area contributed by atoms with Crippen molar-refractivity contribution < 1.29 is 4.92 Å². The lowest BCUT2D eigenvalue weighted by Gasteiger charge is -2.31. The molecule has 21 heavy (non-hydrogen) atoms. The van der Waals surface area contributed by atoms with Gasteiger partial charge in [0.2, 0.25) is 5.82 Å². The lowest BCUT2D eigenvalue weighted by atomic mass is 9.97. The van der Waals surface area contributed by atoms with Crippen molar-refractivity contribution in [2.45, 2.75) is 31.7 Å². The predicted octanol–water partition coefficient (Wildman–Crippen LogP) is 1.54. The molecule has 0 aromatic carbocycles. The Morgan fingerprint density at radius 3 is 2.62 bits per heavy atom. The van der Waals surface area contributed by atoms with Gasteiger partial charge in [0.1, 0.15) is 5.82 Å². The quantitative estimate of drug-likeness (QED) is 0.631. The molecule has 3 rings (SSSR count). The second-order valence-corrected chi connectivity index (χ2v) is 5.91. The first-order valence-corrected chi connectivity index (χ1v) is 7.53. The summed E-state index contributed by atoms with van der Waals surface area (Å²) in [6, 6.07) is 3.72. The van der Waals surface area contributed by atoms with Crippen LogP contribution in [0.5, 0.6) is 0 Å². The Labute approximate surface area is 123 Å². The van der Waals surface area contributed by atoms with Gasteiger partial charge in [0, 0.05) is 18.7 Å². The van der Waals surface area contributed by atoms with E-state index in [9.17, 15) is 10.1 Å². The molecule has 7 heteroatoms. The van der Waals surface area contributed by atoms with Crippen LogP contribution in [0, 0.1) is 16.0 Å². The number of nitro groups is 1. The molecule has 1 aliphatic carbocycles. The van der Waals surface area contributed by atoms with E-state index in [1.54, 1.807) is 6.07 Å². The van der Waals surface area contributed by atoms with Crippen LogP contribution in [-0.4, -0.2) is 35.6 Å². The Hall–Kier alpha value is -1.89. The fourth-order valence-electron chi connectivity index (χ4n) is 2.93. The van der Waals surface area contributed by atoms with Gasteiger partial charge in [-0.2, -0.15) is 0 Å². The van der Waals surface area contributed by atoms with Gasteiger partial charge in [0.25, 0.3) is 0 Å². The highest BCUT2D eigenvalue weighted by Gasteiger charge is 2.32. The summed E-state index contributed by atoms with van der Waals surface area (Å²) >= 11 is 0. The lowest BCUT2D eigenvalue weighted by molar-refractivity contribution is -0.384. The minimum atomic E-state index is -0.486. The molecule has 7 nitrogen and oxygen atoms in total. The van der Waals surface area contributed by atoms with Gasteiger partial charge in [0.05, 0.1) is 4.92 Å². The number of hydrogen-bond acceptors (Lipinski definition) is 6. The first-order valence-electron chi connectivity index (χ1n) is 7.53. The highest BCUT2D eigenvalue weighted by Crippen LogP contribution is 2.34. The van der Waals surface area contributed by atoms with Gasteiger partial charge in [-0.25, -0.2) is 4.98 Å². The first kappa shape index (κ1) is 14.1. The van der Waals surface area contributed by atoms with Crippen molar-refractivity contribution in [3.8, 4) is 0 Å². The number of piperidine rings is 1. The standard InChI is InChI=1S/C14H21N5O2/c15-14-12(19(20)21)3-4-13(17-14)18(11-1-2-11)9-10-5-7-16-8-6-10/h3-4,10-11,16H,1-2,5-9H2,(H2,15,17). The molecule has 1 saturated heterocycles. The van der Waals surface area contributed by atoms with Gasteiger partial charge >= 0.3 is 5.69 Å². The van der Waals surface area contributed by atoms with Crippen molar-refractivity contribution in [3.05, 3.63) is 22.2 Å². The van der Waals surface area contributed by atoms with E-state index in [1.807, 2.05) is 0 Å². The van der Waals surface area contributed by atoms with E-state index in [4.69, 9.17) is 5.73 Å². The Bertz CT molecular complexity index is 526. The molecule has 0 atom stereocenters. The molecule has 1 aromatic heterocycles. The zero-order valence-corrected chi connectivity index (χ0v) is 12.0. The third-order valence-corrected chi connectivity index (χ3v) is 4.28. The highest BCUT2D eigenvalue weighted by molar-refractivity contribution is 5.58. The molecule has 2 fully saturated rings. The summed E-state index contributed by atoms with van der Waals surface area (Å²) in [5.41, 5.74) is 5.61. The van der Waals surface area contributed by atoms with E-state index >= 15 is 0 Å². The third kappa shape index (κ3) is 3.24. The predicted molar refractivity (Wildman–Crippen MR) is 81.3 cm³/mol. The van der Waals surface area contributed by atoms with E-state index in [1.165, 1.54) is 31.7 Å². The van der Waals surface area contributed by atoms with Crippen molar-refractivity contribution in [1.29, 1.82) is 0 Å². The smallest absolute Gasteiger partial charge is 0.311 e. The molecule has 0 unspecified atom stereocenters. The average molecular weight is 291 g/mol. The lowest BCUT2D eigenvalue weighted by Crippen LogP contribution is -2.37. The molecule has 0 radical (unpaired) electrons. The Morgan fingerprint density at radius 2 is 2.05 bits per heavy atom. The number of nitrogens with two attached hydrogens (primary N) is 1. The second kappa shape index (κ2) is 5.85. The summed E-state index contributed by atoms with van der Waals surface area (Å²) in [5.74, 6) is 1.44. The number of aromatic nitrogens is 1. The van der Waals surface area contributed by atoms with Crippen LogP contribution in [-0.2, 0) is 0 Å². The van der Waals surface area contributed by atoms with Crippen molar-refractivity contribution in [3.63, 3.8) is 0 Å². The molecule has 1 aromatic rings. The molecular formula is C14H21N5O2. The van der Waals surface area contributed by atoms with E-state index in [-0.39, 0.29) is 11.5 Å². The van der Waals surface area contributed by atoms with E-state index < -0.39 is 4.92 Å². The number of nitrogens with zero attached hydrogens (tertiary/aromatic N) is 3. The Morgan fingerprint density at radius 1 is 1.33 bits per heavy atom. The van der Waals surface area contributed by atoms with Gasteiger partial charge in [-0.05, 0) is 50.8 Å². The van der Waals surface area contributed by atoms with E-state index in [0.29, 0.717) is 12.0 Å². The first-order chi connectivity index (χ1) is 10.1. The largest absolute Gasteiger partial charge is 0.378 e. The van der Waals surface area contributed by atoms with Crippen molar-refractivity contribution >= 4 is 17.3 Å². The molecule has 2 aliphatic rings. The molecular weight excluding hydrogens is 270 g/mol. The van der Waals surface area contributed by atoms with Crippen molar-refractivity contribution in [1.82, 2.24) is 10.3 Å². The van der Waals surface area contributed by atoms with Gasteiger partial charge in [-0.15, -0.1) is 0 Å². The van der Waals surface area contributed by atoms with Crippen LogP contribution in [0.3, 0.4) is 0 Å². The monoisotopic (exact) mass is 291 g/mol. The van der Waals surface area contributed by atoms with Crippen LogP contribution in [0.4, 0.5) is 17.3 Å². The van der Waals surface area contributed by atoms with E-state index in [0.717, 1.165) is 25.5 Å². The number of nitrogens with one attached hydrogen (secondary N) is 1. The number of rotatable bonds is 5. The summed E-state index contributed by atoms with van der Waals surface area (Å²) in [6.07, 6.45) is 4.68. The number of hydrogen-bond donors (Lipinski definition) is 2. The van der Waals surface area contributed by atoms with Crippen LogP contribution in [0.15, 0.2) is 12.1 Å². The summed E-state index contributed by atoms with van der Waals surface area (Å²) in [4.78, 5) is 16.9. The fraction of sp³-hybridized carbons (Fsp3) is 0.643. The molecule has 0 spiro atoms. The van der Waals surface area contributed by atoms with E-state index in [2.05, 4.69) is 15.2 Å². The van der Waals surface area contributed by atoms with Crippen LogP contribution in [0.1, 0.15) is 25.7 Å². The third-order valence-electron chi connectivity index (χ3n) is 4.28. The number of pyridine rings is 1. The van der Waals surface area contributed by atoms with Crippen LogP contribution < -0.4 is 16.0 Å². The highest BCUT2D eigenvalue weighted by atomic mass is 16.6. The summed E-state index contributed by atoms with van der Waals surface area (Å²) in [5, 5.41) is 14.2. The summed E-state index contributed by atoms with van der Waals surface area (Å²) in [6.45, 7) is 3.11. The van der Waals surface area contributed by atoms with Crippen LogP contribution in [0.25, 0.3) is 0 Å². The maximum absolute atomic E-state index is 10.8. The van der Waals surface area contributed by atoms with Crippen LogP contribution >= 0.6 is 0 Å². The number of anilines is 2. The van der Waals surface area contributed by atoms with Crippen molar-refractivity contribution in [2.75, 3.05) is 30.3 Å². The zero-order valence-electron chi connectivity index (χ0n) is 12.0. The van der Waals surface area contributed by atoms with Gasteiger partial charge < -0.3 is 16.0 Å². The molecule has 114 valence electrons. The topological polar surface area (TPSA) is 97.3 Å². The molecule has 1 saturated carbocycles. The SMILES string of the molecule is Nc1nc(N(CC2CCNCC2)C2CC2)ccc1[N+](=O)[O-]. The fourth-order valence-corrected chi connectivity index (χ4v) is 2.93. The zero-order chi connectivity index (χ0) is 14.8.